The molecule has 2 fully saturated rings. The van der Waals surface area contributed by atoms with Gasteiger partial charge in [-0.3, -0.25) is 19.3 Å². The standard InChI is InChI=1S/C40H55ClF2N4O4S/c1-5-7-29-20-33(41)11-12-34(29)32-23-47-22-31-9-13-35(31)40(50-4,26-46-18-16-45(17-19-46)24-38(42)43)15-6-8-27(2)28(3)52(49)44-39(48)30-10-14-37(51-25-32)36(47)21-30/h6,10-12,14-15,20-21,27-28,31-32,35,38H,5,7-9,13,16-19,22-26H2,1-4H3,(H,44,48)/b15-6+. The van der Waals surface area contributed by atoms with Gasteiger partial charge in [-0.15, -0.1) is 0 Å². The van der Waals surface area contributed by atoms with Gasteiger partial charge in [0.15, 0.2) is 0 Å². The highest BCUT2D eigenvalue weighted by Crippen LogP contribution is 2.47. The van der Waals surface area contributed by atoms with E-state index in [-0.39, 0.29) is 35.5 Å². The SMILES string of the molecule is CCCc1cc(Cl)ccc1C1COc2ccc3cc2N(C1)CC1CCC1C(CN1CCN(CC(F)F)CC1)(OC)/C=C/CC(C)C(C)S(=O)NC3=O. The molecule has 286 valence electrons. The van der Waals surface area contributed by atoms with Crippen LogP contribution in [0.5, 0.6) is 5.75 Å². The van der Waals surface area contributed by atoms with Crippen LogP contribution in [-0.2, 0) is 22.1 Å². The minimum absolute atomic E-state index is 0.0354. The van der Waals surface area contributed by atoms with Crippen LogP contribution in [0.3, 0.4) is 0 Å². The molecule has 0 spiro atoms. The number of piperazine rings is 1. The lowest BCUT2D eigenvalue weighted by Crippen LogP contribution is -2.59. The third kappa shape index (κ3) is 8.86. The van der Waals surface area contributed by atoms with Gasteiger partial charge in [-0.25, -0.2) is 13.0 Å². The fourth-order valence-electron chi connectivity index (χ4n) is 8.55. The van der Waals surface area contributed by atoms with Crippen LogP contribution in [-0.4, -0.2) is 103 Å². The van der Waals surface area contributed by atoms with Crippen molar-refractivity contribution in [3.8, 4) is 5.75 Å². The van der Waals surface area contributed by atoms with E-state index < -0.39 is 23.0 Å². The van der Waals surface area contributed by atoms with Gasteiger partial charge in [-0.05, 0) is 91.8 Å². The van der Waals surface area contributed by atoms with Crippen molar-refractivity contribution >= 4 is 34.2 Å². The molecule has 1 aliphatic carbocycles. The van der Waals surface area contributed by atoms with Crippen LogP contribution in [0.25, 0.3) is 0 Å². The van der Waals surface area contributed by atoms with E-state index in [2.05, 4.69) is 52.7 Å². The number of fused-ring (bicyclic) bond motifs is 2. The van der Waals surface area contributed by atoms with Gasteiger partial charge in [0.1, 0.15) is 22.3 Å². The average molecular weight is 761 g/mol. The maximum Gasteiger partial charge on any atom is 0.263 e. The molecular formula is C40H55ClF2N4O4S. The molecule has 12 heteroatoms. The molecule has 6 rings (SSSR count). The first-order valence-electron chi connectivity index (χ1n) is 19.0. The summed E-state index contributed by atoms with van der Waals surface area (Å²) < 4.78 is 55.7. The van der Waals surface area contributed by atoms with E-state index in [0.29, 0.717) is 63.8 Å². The van der Waals surface area contributed by atoms with Crippen molar-refractivity contribution in [1.82, 2.24) is 14.5 Å². The molecule has 3 aliphatic heterocycles. The van der Waals surface area contributed by atoms with Crippen LogP contribution in [0, 0.1) is 17.8 Å². The maximum absolute atomic E-state index is 13.5. The summed E-state index contributed by atoms with van der Waals surface area (Å²) in [5, 5.41) is 0.444. The topological polar surface area (TPSA) is 74.3 Å². The number of alkyl halides is 2. The van der Waals surface area contributed by atoms with E-state index in [1.54, 1.807) is 13.2 Å². The number of rotatable bonds is 8. The Balaban J connectivity index is 1.36. The summed E-state index contributed by atoms with van der Waals surface area (Å²) in [4.78, 5) is 20.2. The molecule has 7 unspecified atom stereocenters. The van der Waals surface area contributed by atoms with Crippen LogP contribution < -0.4 is 14.4 Å². The Morgan fingerprint density at radius 2 is 1.85 bits per heavy atom. The number of methoxy groups -OCH3 is 1. The highest BCUT2D eigenvalue weighted by molar-refractivity contribution is 7.84. The highest BCUT2D eigenvalue weighted by Gasteiger charge is 2.48. The summed E-state index contributed by atoms with van der Waals surface area (Å²) in [5.74, 6) is 0.981. The number of benzene rings is 2. The number of allylic oxidation sites excluding steroid dienone is 1. The molecule has 1 N–H and O–H groups in total. The summed E-state index contributed by atoms with van der Waals surface area (Å²) >= 11 is 6.48. The van der Waals surface area contributed by atoms with Crippen LogP contribution >= 0.6 is 11.6 Å². The molecule has 52 heavy (non-hydrogen) atoms. The Kier molecular flexibility index (Phi) is 13.0. The highest BCUT2D eigenvalue weighted by atomic mass is 35.5. The van der Waals surface area contributed by atoms with Crippen molar-refractivity contribution in [1.29, 1.82) is 0 Å². The van der Waals surface area contributed by atoms with Crippen molar-refractivity contribution < 1.29 is 27.3 Å². The van der Waals surface area contributed by atoms with E-state index in [9.17, 15) is 17.8 Å². The summed E-state index contributed by atoms with van der Waals surface area (Å²) in [6.07, 6.45) is 6.71. The minimum atomic E-state index is -2.33. The predicted octanol–water partition coefficient (Wildman–Crippen LogP) is 6.95. The van der Waals surface area contributed by atoms with Gasteiger partial charge < -0.3 is 14.4 Å². The Bertz CT molecular complexity index is 1610. The zero-order chi connectivity index (χ0) is 37.0. The second-order valence-corrected chi connectivity index (χ2v) is 17.3. The lowest BCUT2D eigenvalue weighted by molar-refractivity contribution is -0.0962. The van der Waals surface area contributed by atoms with Gasteiger partial charge in [-0.2, -0.15) is 0 Å². The number of hydrogen-bond donors (Lipinski definition) is 1. The first-order valence-corrected chi connectivity index (χ1v) is 20.6. The molecule has 3 heterocycles. The molecule has 7 atom stereocenters. The number of nitrogens with zero attached hydrogens (tertiary/aromatic N) is 3. The maximum atomic E-state index is 13.5. The molecule has 0 aromatic heterocycles. The number of ether oxygens (including phenoxy) is 2. The van der Waals surface area contributed by atoms with Crippen molar-refractivity contribution in [3.63, 3.8) is 0 Å². The number of aryl methyl sites for hydroxylation is 1. The van der Waals surface area contributed by atoms with E-state index >= 15 is 0 Å². The lowest BCUT2D eigenvalue weighted by Gasteiger charge is -2.52. The van der Waals surface area contributed by atoms with Crippen molar-refractivity contribution in [3.05, 3.63) is 70.3 Å². The molecule has 8 nitrogen and oxygen atoms in total. The van der Waals surface area contributed by atoms with Gasteiger partial charge in [0.2, 0.25) is 0 Å². The zero-order valence-corrected chi connectivity index (χ0v) is 32.6. The van der Waals surface area contributed by atoms with Crippen molar-refractivity contribution in [2.24, 2.45) is 17.8 Å². The molecular weight excluding hydrogens is 706 g/mol. The molecule has 1 saturated heterocycles. The van der Waals surface area contributed by atoms with Crippen LogP contribution in [0.15, 0.2) is 48.6 Å². The summed E-state index contributed by atoms with van der Waals surface area (Å²) in [6, 6.07) is 11.7. The van der Waals surface area contributed by atoms with E-state index in [1.807, 2.05) is 30.0 Å². The summed E-state index contributed by atoms with van der Waals surface area (Å²) in [6.45, 7) is 11.2. The smallest absolute Gasteiger partial charge is 0.263 e. The zero-order valence-electron chi connectivity index (χ0n) is 31.0. The van der Waals surface area contributed by atoms with Crippen molar-refractivity contribution in [2.75, 3.05) is 71.0 Å². The normalized spacial score (nSPS) is 31.2. The number of anilines is 1. The lowest BCUT2D eigenvalue weighted by atomic mass is 9.63. The fraction of sp³-hybridized carbons (Fsp3) is 0.625. The first-order chi connectivity index (χ1) is 25.0. The predicted molar refractivity (Wildman–Crippen MR) is 205 cm³/mol. The fourth-order valence-corrected chi connectivity index (χ4v) is 9.76. The monoisotopic (exact) mass is 760 g/mol. The third-order valence-corrected chi connectivity index (χ3v) is 13.7. The van der Waals surface area contributed by atoms with Crippen LogP contribution in [0.1, 0.15) is 73.9 Å². The van der Waals surface area contributed by atoms with Gasteiger partial charge in [0, 0.05) is 69.4 Å². The van der Waals surface area contributed by atoms with Gasteiger partial charge in [-0.1, -0.05) is 50.1 Å². The second kappa shape index (κ2) is 17.3. The number of carbonyl (C=O) groups is 1. The quantitative estimate of drug-likeness (QED) is 0.292. The Labute approximate surface area is 315 Å². The van der Waals surface area contributed by atoms with Gasteiger partial charge in [0.05, 0.1) is 24.1 Å². The number of hydrogen-bond acceptors (Lipinski definition) is 7. The molecule has 1 amide bonds. The van der Waals surface area contributed by atoms with E-state index in [0.717, 1.165) is 48.7 Å². The Morgan fingerprint density at radius 3 is 2.54 bits per heavy atom. The average Bonchev–Trinajstić information content (AvgIpc) is 3.29. The Hall–Kier alpha value is -2.57. The van der Waals surface area contributed by atoms with Crippen LogP contribution in [0.2, 0.25) is 5.02 Å². The number of amides is 1. The molecule has 1 saturated carbocycles. The summed E-state index contributed by atoms with van der Waals surface area (Å²) in [7, 11) is 0.208. The molecule has 2 bridgehead atoms. The summed E-state index contributed by atoms with van der Waals surface area (Å²) in [5.41, 5.74) is 3.19. The van der Waals surface area contributed by atoms with Crippen LogP contribution in [0.4, 0.5) is 14.5 Å². The molecule has 0 radical (unpaired) electrons. The molecule has 2 aromatic rings. The number of carbonyl (C=O) groups excluding carboxylic acids is 1. The van der Waals surface area contributed by atoms with E-state index in [4.69, 9.17) is 21.1 Å². The van der Waals surface area contributed by atoms with Crippen molar-refractivity contribution in [2.45, 2.75) is 76.1 Å². The van der Waals surface area contributed by atoms with Gasteiger partial charge >= 0.3 is 0 Å². The number of halogens is 3. The first kappa shape index (κ1) is 39.1. The largest absolute Gasteiger partial charge is 0.491 e. The molecule has 2 aromatic carbocycles. The molecule has 4 aliphatic rings. The minimum Gasteiger partial charge on any atom is -0.491 e. The Morgan fingerprint density at radius 1 is 1.08 bits per heavy atom. The van der Waals surface area contributed by atoms with E-state index in [1.165, 1.54) is 11.1 Å². The second-order valence-electron chi connectivity index (χ2n) is 15.3. The van der Waals surface area contributed by atoms with Gasteiger partial charge in [0.25, 0.3) is 12.3 Å². The number of nitrogens with one attached hydrogen (secondary N) is 1. The third-order valence-electron chi connectivity index (χ3n) is 12.0.